The molecule has 1 heterocycles. The van der Waals surface area contributed by atoms with Crippen LogP contribution in [0.5, 0.6) is 5.75 Å². The van der Waals surface area contributed by atoms with E-state index in [0.29, 0.717) is 17.6 Å². The summed E-state index contributed by atoms with van der Waals surface area (Å²) in [6, 6.07) is 14.2. The fourth-order valence-electron chi connectivity index (χ4n) is 2.33. The molecule has 0 saturated heterocycles. The Bertz CT molecular complexity index is 867. The lowest BCUT2D eigenvalue weighted by molar-refractivity contribution is -0.123. The van der Waals surface area contributed by atoms with Gasteiger partial charge in [0, 0.05) is 23.4 Å². The number of halogens is 2. The molecule has 1 N–H and O–H groups in total. The second-order valence-electron chi connectivity index (χ2n) is 5.66. The molecule has 0 fully saturated rings. The van der Waals surface area contributed by atoms with E-state index in [2.05, 4.69) is 26.3 Å². The average Bonchev–Trinajstić information content (AvgIpc) is 3.13. The van der Waals surface area contributed by atoms with Gasteiger partial charge in [0.05, 0.1) is 6.54 Å². The first kappa shape index (κ1) is 18.1. The molecule has 0 unspecified atom stereocenters. The molecule has 0 spiro atoms. The van der Waals surface area contributed by atoms with Crippen LogP contribution < -0.4 is 10.1 Å². The summed E-state index contributed by atoms with van der Waals surface area (Å²) in [5.74, 6) is -0.779. The Morgan fingerprint density at radius 1 is 1.19 bits per heavy atom. The van der Waals surface area contributed by atoms with E-state index in [1.165, 1.54) is 12.1 Å². The maximum Gasteiger partial charge on any atom is 0.258 e. The fraction of sp³-hybridized carbons (Fsp3) is 0.158. The molecule has 7 heteroatoms. The van der Waals surface area contributed by atoms with Crippen LogP contribution in [0.15, 0.2) is 65.4 Å². The third-order valence-corrected chi connectivity index (χ3v) is 4.16. The van der Waals surface area contributed by atoms with Crippen LogP contribution in [0.2, 0.25) is 0 Å². The van der Waals surface area contributed by atoms with Crippen molar-refractivity contribution in [2.24, 2.45) is 0 Å². The number of carbonyl (C=O) groups excluding carboxylic acids is 1. The lowest BCUT2D eigenvalue weighted by Crippen LogP contribution is -2.28. The molecule has 3 rings (SSSR count). The first-order valence-electron chi connectivity index (χ1n) is 8.00. The van der Waals surface area contributed by atoms with Crippen molar-refractivity contribution in [1.82, 2.24) is 15.1 Å². The van der Waals surface area contributed by atoms with Gasteiger partial charge in [-0.25, -0.2) is 4.39 Å². The maximum atomic E-state index is 13.6. The smallest absolute Gasteiger partial charge is 0.258 e. The third-order valence-electron chi connectivity index (χ3n) is 3.67. The summed E-state index contributed by atoms with van der Waals surface area (Å²) in [6.07, 6.45) is 3.65. The summed E-state index contributed by atoms with van der Waals surface area (Å²) in [6.45, 7) is 0.842. The molecule has 0 aliphatic carbocycles. The first-order valence-corrected chi connectivity index (χ1v) is 8.79. The number of carbonyl (C=O) groups is 1. The summed E-state index contributed by atoms with van der Waals surface area (Å²) in [7, 11) is 0. The highest BCUT2D eigenvalue weighted by atomic mass is 79.9. The predicted molar refractivity (Wildman–Crippen MR) is 99.2 cm³/mol. The zero-order chi connectivity index (χ0) is 18.4. The maximum absolute atomic E-state index is 13.6. The molecule has 0 aliphatic rings. The van der Waals surface area contributed by atoms with E-state index in [1.807, 2.05) is 41.2 Å². The first-order chi connectivity index (χ1) is 12.6. The fourth-order valence-corrected chi connectivity index (χ4v) is 2.66. The number of ether oxygens (including phenoxy) is 1. The normalized spacial score (nSPS) is 10.5. The molecule has 0 bridgehead atoms. The van der Waals surface area contributed by atoms with Gasteiger partial charge in [0.25, 0.3) is 5.91 Å². The molecular formula is C19H17BrFN3O2. The lowest BCUT2D eigenvalue weighted by atomic mass is 10.1. The average molecular weight is 418 g/mol. The molecule has 0 atom stereocenters. The molecule has 0 aliphatic heterocycles. The van der Waals surface area contributed by atoms with Crippen molar-refractivity contribution in [1.29, 1.82) is 0 Å². The molecule has 26 heavy (non-hydrogen) atoms. The number of hydrogen-bond donors (Lipinski definition) is 1. The molecule has 5 nitrogen and oxygen atoms in total. The second-order valence-corrected chi connectivity index (χ2v) is 6.58. The van der Waals surface area contributed by atoms with Crippen LogP contribution in [0.1, 0.15) is 11.1 Å². The van der Waals surface area contributed by atoms with Crippen molar-refractivity contribution in [3.63, 3.8) is 0 Å². The molecule has 1 aromatic heterocycles. The minimum atomic E-state index is -0.514. The minimum Gasteiger partial charge on any atom is -0.481 e. The summed E-state index contributed by atoms with van der Waals surface area (Å²) in [4.78, 5) is 11.9. The number of benzene rings is 2. The van der Waals surface area contributed by atoms with Crippen LogP contribution in [-0.4, -0.2) is 22.3 Å². The van der Waals surface area contributed by atoms with Gasteiger partial charge in [-0.2, -0.15) is 5.10 Å². The van der Waals surface area contributed by atoms with Crippen LogP contribution in [0, 0.1) is 5.82 Å². The number of amides is 1. The Balaban J connectivity index is 1.45. The number of nitrogens with zero attached hydrogens (tertiary/aromatic N) is 2. The summed E-state index contributed by atoms with van der Waals surface area (Å²) in [5, 5.41) is 6.92. The minimum absolute atomic E-state index is 0.0475. The summed E-state index contributed by atoms with van der Waals surface area (Å²) < 4.78 is 21.3. The van der Waals surface area contributed by atoms with Crippen molar-refractivity contribution in [3.8, 4) is 5.75 Å². The largest absolute Gasteiger partial charge is 0.481 e. The zero-order valence-corrected chi connectivity index (χ0v) is 15.4. The van der Waals surface area contributed by atoms with Gasteiger partial charge in [0.1, 0.15) is 0 Å². The topological polar surface area (TPSA) is 56.1 Å². The SMILES string of the molecule is O=C(COc1ccc(Br)cc1F)NCc1ccc(Cn2cccn2)cc1. The summed E-state index contributed by atoms with van der Waals surface area (Å²) in [5.41, 5.74) is 2.09. The van der Waals surface area contributed by atoms with Crippen LogP contribution in [0.25, 0.3) is 0 Å². The van der Waals surface area contributed by atoms with E-state index in [4.69, 9.17) is 4.74 Å². The van der Waals surface area contributed by atoms with Crippen molar-refractivity contribution in [2.45, 2.75) is 13.1 Å². The molecule has 2 aromatic carbocycles. The van der Waals surface area contributed by atoms with E-state index in [-0.39, 0.29) is 18.3 Å². The van der Waals surface area contributed by atoms with Gasteiger partial charge in [-0.05, 0) is 35.4 Å². The third kappa shape index (κ3) is 5.16. The number of nitrogens with one attached hydrogen (secondary N) is 1. The van der Waals surface area contributed by atoms with E-state index >= 15 is 0 Å². The Hall–Kier alpha value is -2.67. The molecule has 3 aromatic rings. The van der Waals surface area contributed by atoms with Crippen molar-refractivity contribution in [3.05, 3.63) is 82.3 Å². The van der Waals surface area contributed by atoms with Crippen molar-refractivity contribution < 1.29 is 13.9 Å². The van der Waals surface area contributed by atoms with Gasteiger partial charge in [0.15, 0.2) is 18.2 Å². The van der Waals surface area contributed by atoms with Gasteiger partial charge in [-0.15, -0.1) is 0 Å². The summed E-state index contributed by atoms with van der Waals surface area (Å²) >= 11 is 3.17. The highest BCUT2D eigenvalue weighted by Gasteiger charge is 2.07. The Kier molecular flexibility index (Phi) is 6.01. The van der Waals surface area contributed by atoms with Crippen LogP contribution in [-0.2, 0) is 17.9 Å². The molecule has 134 valence electrons. The second kappa shape index (κ2) is 8.62. The van der Waals surface area contributed by atoms with Crippen LogP contribution in [0.4, 0.5) is 4.39 Å². The number of aromatic nitrogens is 2. The van der Waals surface area contributed by atoms with Crippen LogP contribution >= 0.6 is 15.9 Å². The zero-order valence-electron chi connectivity index (χ0n) is 13.9. The molecule has 0 radical (unpaired) electrons. The monoisotopic (exact) mass is 417 g/mol. The van der Waals surface area contributed by atoms with E-state index in [1.54, 1.807) is 12.3 Å². The highest BCUT2D eigenvalue weighted by Crippen LogP contribution is 2.21. The van der Waals surface area contributed by atoms with Gasteiger partial charge in [-0.1, -0.05) is 40.2 Å². The lowest BCUT2D eigenvalue weighted by Gasteiger charge is -2.09. The molecule has 0 saturated carbocycles. The van der Waals surface area contributed by atoms with E-state index < -0.39 is 5.82 Å². The van der Waals surface area contributed by atoms with E-state index in [0.717, 1.165) is 11.1 Å². The van der Waals surface area contributed by atoms with Gasteiger partial charge >= 0.3 is 0 Å². The Morgan fingerprint density at radius 2 is 1.96 bits per heavy atom. The van der Waals surface area contributed by atoms with Gasteiger partial charge < -0.3 is 10.1 Å². The number of hydrogen-bond acceptors (Lipinski definition) is 3. The highest BCUT2D eigenvalue weighted by molar-refractivity contribution is 9.10. The molecule has 1 amide bonds. The van der Waals surface area contributed by atoms with Crippen molar-refractivity contribution in [2.75, 3.05) is 6.61 Å². The predicted octanol–water partition coefficient (Wildman–Crippen LogP) is 3.53. The Labute approximate surface area is 158 Å². The van der Waals surface area contributed by atoms with Crippen LogP contribution in [0.3, 0.4) is 0 Å². The van der Waals surface area contributed by atoms with Gasteiger partial charge in [-0.3, -0.25) is 9.48 Å². The quantitative estimate of drug-likeness (QED) is 0.639. The number of rotatable bonds is 7. The van der Waals surface area contributed by atoms with E-state index in [9.17, 15) is 9.18 Å². The van der Waals surface area contributed by atoms with Crippen molar-refractivity contribution >= 4 is 21.8 Å². The standard InChI is InChI=1S/C19H17BrFN3O2/c20-16-6-7-18(17(21)10-16)26-13-19(25)22-11-14-2-4-15(5-3-14)12-24-9-1-8-23-24/h1-10H,11-13H2,(H,22,25). The Morgan fingerprint density at radius 3 is 2.65 bits per heavy atom. The molecular weight excluding hydrogens is 401 g/mol. The van der Waals surface area contributed by atoms with Gasteiger partial charge in [0.2, 0.25) is 0 Å².